The van der Waals surface area contributed by atoms with Gasteiger partial charge in [-0.05, 0) is 30.9 Å². The van der Waals surface area contributed by atoms with Crippen molar-refractivity contribution in [2.24, 2.45) is 5.92 Å². The lowest BCUT2D eigenvalue weighted by atomic mass is 9.86. The predicted molar refractivity (Wildman–Crippen MR) is 123 cm³/mol. The number of piperazine rings is 1. The number of carbonyl (C=O) groups is 1. The number of amides is 1. The van der Waals surface area contributed by atoms with E-state index in [2.05, 4.69) is 27.1 Å². The number of carbonyl (C=O) groups excluding carboxylic acids is 1. The van der Waals surface area contributed by atoms with Gasteiger partial charge in [-0.15, -0.1) is 0 Å². The van der Waals surface area contributed by atoms with Crippen LogP contribution in [0.5, 0.6) is 0 Å². The predicted octanol–water partition coefficient (Wildman–Crippen LogP) is 2.70. The highest BCUT2D eigenvalue weighted by Crippen LogP contribution is 2.24. The first kappa shape index (κ1) is 21.8. The topological polar surface area (TPSA) is 70.5 Å². The van der Waals surface area contributed by atoms with Gasteiger partial charge in [-0.1, -0.05) is 49.6 Å². The van der Waals surface area contributed by atoms with Crippen LogP contribution in [-0.4, -0.2) is 59.4 Å². The highest BCUT2D eigenvalue weighted by molar-refractivity contribution is 6.33. The zero-order chi connectivity index (χ0) is 21.8. The monoisotopic (exact) mass is 443 g/mol. The van der Waals surface area contributed by atoms with Gasteiger partial charge in [0.05, 0.1) is 24.1 Å². The molecule has 166 valence electrons. The zero-order valence-corrected chi connectivity index (χ0v) is 18.7. The van der Waals surface area contributed by atoms with E-state index < -0.39 is 0 Å². The molecule has 0 spiro atoms. The first-order valence-corrected chi connectivity index (χ1v) is 11.5. The molecule has 31 heavy (non-hydrogen) atoms. The van der Waals surface area contributed by atoms with Crippen LogP contribution in [-0.2, 0) is 4.79 Å². The minimum atomic E-state index is -0.325. The van der Waals surface area contributed by atoms with Gasteiger partial charge in [-0.3, -0.25) is 14.5 Å². The number of hydrogen-bond acceptors (Lipinski definition) is 5. The molecule has 1 amide bonds. The summed E-state index contributed by atoms with van der Waals surface area (Å²) in [6.45, 7) is 5.52. The largest absolute Gasteiger partial charge is 0.366 e. The summed E-state index contributed by atoms with van der Waals surface area (Å²) in [6, 6.07) is 9.55. The second-order valence-corrected chi connectivity index (χ2v) is 8.97. The number of hydrogen-bond donors (Lipinski definition) is 1. The summed E-state index contributed by atoms with van der Waals surface area (Å²) in [5, 5.41) is 7.73. The van der Waals surface area contributed by atoms with Crippen LogP contribution in [0.4, 0.5) is 5.69 Å². The molecule has 8 heteroatoms. The Morgan fingerprint density at radius 1 is 1.13 bits per heavy atom. The first-order valence-electron chi connectivity index (χ1n) is 11.1. The lowest BCUT2D eigenvalue weighted by Crippen LogP contribution is -2.51. The average molecular weight is 444 g/mol. The number of aromatic nitrogens is 2. The highest BCUT2D eigenvalue weighted by atomic mass is 35.5. The number of nitrogens with zero attached hydrogens (tertiary/aromatic N) is 4. The second-order valence-electron chi connectivity index (χ2n) is 8.60. The van der Waals surface area contributed by atoms with Crippen molar-refractivity contribution < 1.29 is 4.79 Å². The van der Waals surface area contributed by atoms with Crippen molar-refractivity contribution in [1.82, 2.24) is 20.0 Å². The highest BCUT2D eigenvalue weighted by Gasteiger charge is 2.26. The van der Waals surface area contributed by atoms with Crippen molar-refractivity contribution in [2.75, 3.05) is 37.6 Å². The zero-order valence-electron chi connectivity index (χ0n) is 18.0. The van der Waals surface area contributed by atoms with E-state index in [0.29, 0.717) is 43.0 Å². The van der Waals surface area contributed by atoms with Crippen molar-refractivity contribution >= 4 is 23.2 Å². The number of para-hydroxylation sites is 1. The molecule has 2 aromatic rings. The Balaban J connectivity index is 1.34. The van der Waals surface area contributed by atoms with E-state index in [0.717, 1.165) is 19.5 Å². The Morgan fingerprint density at radius 2 is 1.84 bits per heavy atom. The summed E-state index contributed by atoms with van der Waals surface area (Å²) in [6.07, 6.45) is 6.40. The van der Waals surface area contributed by atoms with Gasteiger partial charge in [0, 0.05) is 32.2 Å². The fraction of sp³-hybridized carbons (Fsp3) is 0.522. The third-order valence-electron chi connectivity index (χ3n) is 6.44. The van der Waals surface area contributed by atoms with Crippen LogP contribution >= 0.6 is 11.6 Å². The van der Waals surface area contributed by atoms with Crippen molar-refractivity contribution in [3.8, 4) is 5.69 Å². The van der Waals surface area contributed by atoms with Gasteiger partial charge in [0.1, 0.15) is 5.02 Å². The van der Waals surface area contributed by atoms with Gasteiger partial charge in [0.2, 0.25) is 5.91 Å². The van der Waals surface area contributed by atoms with Crippen LogP contribution in [0.3, 0.4) is 0 Å². The maximum Gasteiger partial charge on any atom is 0.292 e. The fourth-order valence-corrected chi connectivity index (χ4v) is 4.78. The SMILES string of the molecule is CC1CCCCC1NC(=O)CN1CCN(c2cnn(-c3ccccc3)c(=O)c2Cl)CC1. The summed E-state index contributed by atoms with van der Waals surface area (Å²) in [5.41, 5.74) is 1.01. The maximum atomic E-state index is 12.7. The van der Waals surface area contributed by atoms with E-state index in [1.807, 2.05) is 30.3 Å². The van der Waals surface area contributed by atoms with Gasteiger partial charge in [0.25, 0.3) is 5.56 Å². The standard InChI is InChI=1S/C23H30ClN5O2/c1-17-7-5-6-10-19(17)26-21(30)16-27-11-13-28(14-12-27)20-15-25-29(23(31)22(20)24)18-8-3-2-4-9-18/h2-4,8-9,15,17,19H,5-7,10-14,16H2,1H3,(H,26,30). The summed E-state index contributed by atoms with van der Waals surface area (Å²) in [7, 11) is 0. The number of rotatable bonds is 5. The maximum absolute atomic E-state index is 12.7. The molecule has 1 saturated heterocycles. The summed E-state index contributed by atoms with van der Waals surface area (Å²) >= 11 is 6.43. The van der Waals surface area contributed by atoms with Crippen LogP contribution in [0.1, 0.15) is 32.6 Å². The van der Waals surface area contributed by atoms with Crippen LogP contribution < -0.4 is 15.8 Å². The van der Waals surface area contributed by atoms with Crippen LogP contribution in [0.25, 0.3) is 5.69 Å². The quantitative estimate of drug-likeness (QED) is 0.769. The Hall–Kier alpha value is -2.38. The lowest BCUT2D eigenvalue weighted by molar-refractivity contribution is -0.123. The van der Waals surface area contributed by atoms with E-state index in [1.54, 1.807) is 6.20 Å². The summed E-state index contributed by atoms with van der Waals surface area (Å²) in [5.74, 6) is 0.666. The Morgan fingerprint density at radius 3 is 2.55 bits per heavy atom. The van der Waals surface area contributed by atoms with Crippen LogP contribution in [0.15, 0.2) is 41.3 Å². The molecule has 1 aromatic carbocycles. The van der Waals surface area contributed by atoms with E-state index in [1.165, 1.54) is 23.9 Å². The number of benzene rings is 1. The molecule has 0 bridgehead atoms. The molecule has 1 aliphatic carbocycles. The normalized spacial score (nSPS) is 22.3. The van der Waals surface area contributed by atoms with Gasteiger partial charge >= 0.3 is 0 Å². The molecule has 2 unspecified atom stereocenters. The molecule has 2 aliphatic rings. The average Bonchev–Trinajstić information content (AvgIpc) is 2.78. The summed E-state index contributed by atoms with van der Waals surface area (Å²) in [4.78, 5) is 29.5. The van der Waals surface area contributed by atoms with Crippen molar-refractivity contribution in [3.05, 3.63) is 51.9 Å². The van der Waals surface area contributed by atoms with Crippen molar-refractivity contribution in [2.45, 2.75) is 38.6 Å². The molecule has 1 aliphatic heterocycles. The molecule has 0 radical (unpaired) electrons. The molecule has 2 fully saturated rings. The molecule has 1 N–H and O–H groups in total. The van der Waals surface area contributed by atoms with Gasteiger partial charge in [-0.2, -0.15) is 9.78 Å². The van der Waals surface area contributed by atoms with Crippen molar-refractivity contribution in [3.63, 3.8) is 0 Å². The Labute approximate surface area is 188 Å². The number of anilines is 1. The minimum absolute atomic E-state index is 0.109. The van der Waals surface area contributed by atoms with E-state index in [4.69, 9.17) is 11.6 Å². The molecular weight excluding hydrogens is 414 g/mol. The van der Waals surface area contributed by atoms with Crippen LogP contribution in [0.2, 0.25) is 5.02 Å². The van der Waals surface area contributed by atoms with Crippen molar-refractivity contribution in [1.29, 1.82) is 0 Å². The van der Waals surface area contributed by atoms with Crippen LogP contribution in [0, 0.1) is 5.92 Å². The van der Waals surface area contributed by atoms with E-state index in [-0.39, 0.29) is 16.5 Å². The molecule has 2 atom stereocenters. The second kappa shape index (κ2) is 9.83. The smallest absolute Gasteiger partial charge is 0.292 e. The summed E-state index contributed by atoms with van der Waals surface area (Å²) < 4.78 is 1.32. The molecule has 1 saturated carbocycles. The first-order chi connectivity index (χ1) is 15.0. The molecule has 4 rings (SSSR count). The Bertz CT molecular complexity index is 956. The van der Waals surface area contributed by atoms with Gasteiger partial charge < -0.3 is 10.2 Å². The fourth-order valence-electron chi connectivity index (χ4n) is 4.53. The van der Waals surface area contributed by atoms with E-state index >= 15 is 0 Å². The Kier molecular flexibility index (Phi) is 6.92. The minimum Gasteiger partial charge on any atom is -0.366 e. The molecule has 7 nitrogen and oxygen atoms in total. The van der Waals surface area contributed by atoms with Gasteiger partial charge in [0.15, 0.2) is 0 Å². The third-order valence-corrected chi connectivity index (χ3v) is 6.79. The number of nitrogens with one attached hydrogen (secondary N) is 1. The molecular formula is C23H30ClN5O2. The molecule has 1 aromatic heterocycles. The number of halogens is 1. The van der Waals surface area contributed by atoms with Gasteiger partial charge in [-0.25, -0.2) is 0 Å². The molecule has 2 heterocycles. The third kappa shape index (κ3) is 5.10. The lowest BCUT2D eigenvalue weighted by Gasteiger charge is -2.36. The van der Waals surface area contributed by atoms with E-state index in [9.17, 15) is 9.59 Å².